The van der Waals surface area contributed by atoms with Crippen LogP contribution in [0.1, 0.15) is 46.0 Å². The van der Waals surface area contributed by atoms with Gasteiger partial charge in [0.2, 0.25) is 11.6 Å². The van der Waals surface area contributed by atoms with Crippen molar-refractivity contribution in [2.24, 2.45) is 0 Å². The summed E-state index contributed by atoms with van der Waals surface area (Å²) >= 11 is 1.31. The number of carbonyl (C=O) groups excluding carboxylic acids is 2. The van der Waals surface area contributed by atoms with Gasteiger partial charge in [-0.1, -0.05) is 92.3 Å². The van der Waals surface area contributed by atoms with Gasteiger partial charge in [0.25, 0.3) is 0 Å². The molecule has 0 N–H and O–H groups in total. The topological polar surface area (TPSA) is 43.4 Å². The molecule has 1 aliphatic rings. The molecular weight excluding hydrogens is 380 g/mol. The van der Waals surface area contributed by atoms with Gasteiger partial charge in [0.05, 0.1) is 4.90 Å². The Morgan fingerprint density at radius 3 is 1.97 bits per heavy atom. The summed E-state index contributed by atoms with van der Waals surface area (Å²) in [5.41, 5.74) is 2.17. The van der Waals surface area contributed by atoms with Crippen molar-refractivity contribution in [3.8, 4) is 5.75 Å². The van der Waals surface area contributed by atoms with Gasteiger partial charge in [-0.3, -0.25) is 9.59 Å². The van der Waals surface area contributed by atoms with Crippen LogP contribution in [0.5, 0.6) is 5.75 Å². The number of thioether (sulfide) groups is 1. The third-order valence-electron chi connectivity index (χ3n) is 4.75. The molecule has 0 aromatic heterocycles. The van der Waals surface area contributed by atoms with Gasteiger partial charge < -0.3 is 4.74 Å². The smallest absolute Gasteiger partial charge is 0.229 e. The number of rotatable bonds is 5. The zero-order valence-electron chi connectivity index (χ0n) is 16.2. The summed E-state index contributed by atoms with van der Waals surface area (Å²) in [5.74, 6) is 0.528. The quantitative estimate of drug-likeness (QED) is 0.473. The average molecular weight is 400 g/mol. The van der Waals surface area contributed by atoms with E-state index in [0.29, 0.717) is 27.7 Å². The van der Waals surface area contributed by atoms with Gasteiger partial charge in [0, 0.05) is 11.1 Å². The van der Waals surface area contributed by atoms with Gasteiger partial charge >= 0.3 is 0 Å². The van der Waals surface area contributed by atoms with Gasteiger partial charge in [-0.2, -0.15) is 0 Å². The van der Waals surface area contributed by atoms with E-state index in [1.54, 1.807) is 36.4 Å². The van der Waals surface area contributed by atoms with Crippen LogP contribution in [0.3, 0.4) is 0 Å². The summed E-state index contributed by atoms with van der Waals surface area (Å²) in [5, 5.41) is 0. The first-order valence-corrected chi connectivity index (χ1v) is 10.3. The van der Waals surface area contributed by atoms with Crippen LogP contribution in [0, 0.1) is 0 Å². The zero-order valence-corrected chi connectivity index (χ0v) is 17.0. The zero-order chi connectivity index (χ0) is 20.4. The van der Waals surface area contributed by atoms with Crippen LogP contribution in [0.2, 0.25) is 0 Å². The second-order valence-corrected chi connectivity index (χ2v) is 8.17. The molecule has 4 heteroatoms. The molecule has 0 unspecified atom stereocenters. The Morgan fingerprint density at radius 1 is 0.793 bits per heavy atom. The Hall–Kier alpha value is -3.11. The van der Waals surface area contributed by atoms with Crippen LogP contribution in [0.15, 0.2) is 94.4 Å². The first-order valence-electron chi connectivity index (χ1n) is 9.48. The summed E-state index contributed by atoms with van der Waals surface area (Å²) in [6.07, 6.45) is 0. The molecule has 3 aromatic carbocycles. The molecule has 144 valence electrons. The lowest BCUT2D eigenvalue weighted by Gasteiger charge is -2.23. The van der Waals surface area contributed by atoms with Crippen molar-refractivity contribution in [2.75, 3.05) is 0 Å². The van der Waals surface area contributed by atoms with Crippen LogP contribution < -0.4 is 4.74 Å². The molecule has 0 atom stereocenters. The van der Waals surface area contributed by atoms with Crippen LogP contribution in [-0.4, -0.2) is 11.6 Å². The highest BCUT2D eigenvalue weighted by Gasteiger charge is 2.31. The fourth-order valence-corrected chi connectivity index (χ4v) is 4.16. The number of allylic oxidation sites excluding steroid dienone is 2. The van der Waals surface area contributed by atoms with Crippen LogP contribution in [0.4, 0.5) is 0 Å². The lowest BCUT2D eigenvalue weighted by Crippen LogP contribution is -2.19. The SMILES string of the molecule is CC(C)c1ccc2c(c1)SC(C(=O)c1ccccc1)=C(C(=O)c1ccccc1)O2. The van der Waals surface area contributed by atoms with E-state index in [0.717, 1.165) is 10.5 Å². The number of ether oxygens (including phenoxy) is 1. The Kier molecular flexibility index (Phi) is 5.36. The van der Waals surface area contributed by atoms with E-state index in [9.17, 15) is 9.59 Å². The van der Waals surface area contributed by atoms with Crippen molar-refractivity contribution in [3.63, 3.8) is 0 Å². The highest BCUT2D eigenvalue weighted by molar-refractivity contribution is 8.04. The minimum Gasteiger partial charge on any atom is -0.451 e. The predicted molar refractivity (Wildman–Crippen MR) is 116 cm³/mol. The number of carbonyl (C=O) groups is 2. The van der Waals surface area contributed by atoms with Crippen LogP contribution >= 0.6 is 11.8 Å². The maximum Gasteiger partial charge on any atom is 0.229 e. The number of benzene rings is 3. The molecule has 0 saturated heterocycles. The summed E-state index contributed by atoms with van der Waals surface area (Å²) in [4.78, 5) is 27.6. The van der Waals surface area contributed by atoms with Crippen molar-refractivity contribution < 1.29 is 14.3 Å². The van der Waals surface area contributed by atoms with E-state index in [-0.39, 0.29) is 17.3 Å². The van der Waals surface area contributed by atoms with Gasteiger partial charge in [0.15, 0.2) is 5.76 Å². The van der Waals surface area contributed by atoms with E-state index in [1.807, 2.05) is 42.5 Å². The van der Waals surface area contributed by atoms with E-state index in [4.69, 9.17) is 4.74 Å². The maximum absolute atomic E-state index is 13.3. The molecular formula is C25H20O3S. The minimum atomic E-state index is -0.295. The highest BCUT2D eigenvalue weighted by Crippen LogP contribution is 2.44. The van der Waals surface area contributed by atoms with E-state index < -0.39 is 0 Å². The van der Waals surface area contributed by atoms with Crippen molar-refractivity contribution in [1.82, 2.24) is 0 Å². The largest absolute Gasteiger partial charge is 0.451 e. The fraction of sp³-hybridized carbons (Fsp3) is 0.120. The van der Waals surface area contributed by atoms with Crippen LogP contribution in [-0.2, 0) is 0 Å². The first kappa shape index (κ1) is 19.2. The fourth-order valence-electron chi connectivity index (χ4n) is 3.10. The third kappa shape index (κ3) is 3.89. The second kappa shape index (κ2) is 8.10. The Balaban J connectivity index is 1.81. The summed E-state index contributed by atoms with van der Waals surface area (Å²) in [6, 6.07) is 23.8. The van der Waals surface area contributed by atoms with Crippen molar-refractivity contribution in [2.45, 2.75) is 24.7 Å². The molecule has 0 saturated carbocycles. The third-order valence-corrected chi connectivity index (χ3v) is 5.86. The number of fused-ring (bicyclic) bond motifs is 1. The Labute approximate surface area is 174 Å². The molecule has 3 aromatic rings. The molecule has 3 nitrogen and oxygen atoms in total. The molecule has 0 amide bonds. The van der Waals surface area contributed by atoms with E-state index >= 15 is 0 Å². The molecule has 0 aliphatic carbocycles. The standard InChI is InChI=1S/C25H20O3S/c1-16(2)19-13-14-20-21(15-19)29-25(23(27)18-11-7-4-8-12-18)24(28-20)22(26)17-9-5-3-6-10-17/h3-16H,1-2H3. The summed E-state index contributed by atoms with van der Waals surface area (Å²) in [6.45, 7) is 4.23. The monoisotopic (exact) mass is 400 g/mol. The van der Waals surface area contributed by atoms with Crippen molar-refractivity contribution in [1.29, 1.82) is 0 Å². The van der Waals surface area contributed by atoms with Gasteiger partial charge in [-0.25, -0.2) is 0 Å². The molecule has 0 bridgehead atoms. The summed E-state index contributed by atoms with van der Waals surface area (Å²) < 4.78 is 6.03. The maximum atomic E-state index is 13.3. The molecule has 1 aliphatic heterocycles. The molecule has 0 fully saturated rings. The van der Waals surface area contributed by atoms with E-state index in [1.165, 1.54) is 11.8 Å². The molecule has 1 heterocycles. The number of hydrogen-bond acceptors (Lipinski definition) is 4. The normalized spacial score (nSPS) is 13.1. The van der Waals surface area contributed by atoms with Crippen molar-refractivity contribution in [3.05, 3.63) is 106 Å². The van der Waals surface area contributed by atoms with Gasteiger partial charge in [0.1, 0.15) is 10.7 Å². The van der Waals surface area contributed by atoms with Crippen LogP contribution in [0.25, 0.3) is 0 Å². The second-order valence-electron chi connectivity index (χ2n) is 7.11. The average Bonchev–Trinajstić information content (AvgIpc) is 2.78. The van der Waals surface area contributed by atoms with Crippen molar-refractivity contribution >= 4 is 23.3 Å². The molecule has 0 spiro atoms. The van der Waals surface area contributed by atoms with Gasteiger partial charge in [-0.05, 0) is 23.6 Å². The Bertz CT molecular complexity index is 1100. The number of hydrogen-bond donors (Lipinski definition) is 0. The van der Waals surface area contributed by atoms with Gasteiger partial charge in [-0.15, -0.1) is 0 Å². The number of ketones is 2. The molecule has 0 radical (unpaired) electrons. The predicted octanol–water partition coefficient (Wildman–Crippen LogP) is 6.27. The molecule has 29 heavy (non-hydrogen) atoms. The highest BCUT2D eigenvalue weighted by atomic mass is 32.2. The lowest BCUT2D eigenvalue weighted by atomic mass is 10.0. The summed E-state index contributed by atoms with van der Waals surface area (Å²) in [7, 11) is 0. The van der Waals surface area contributed by atoms with E-state index in [2.05, 4.69) is 13.8 Å². The minimum absolute atomic E-state index is 0.0832. The Morgan fingerprint density at radius 2 is 1.38 bits per heavy atom. The lowest BCUT2D eigenvalue weighted by molar-refractivity contribution is 0.0963. The first-order chi connectivity index (χ1) is 14.0. The molecule has 4 rings (SSSR count). The number of Topliss-reactive ketones (excluding diaryl/α,β-unsaturated/α-hetero) is 2.